The molecule has 0 radical (unpaired) electrons. The molecule has 2 atom stereocenters. The Hall–Kier alpha value is -1.21. The van der Waals surface area contributed by atoms with Gasteiger partial charge >= 0.3 is 0 Å². The molecule has 4 heteroatoms. The van der Waals surface area contributed by atoms with E-state index in [2.05, 4.69) is 11.5 Å². The SMILES string of the molecule is N#CC1CCC1N1NC=CO1. The van der Waals surface area contributed by atoms with Crippen LogP contribution in [0.4, 0.5) is 0 Å². The Kier molecular flexibility index (Phi) is 1.44. The summed E-state index contributed by atoms with van der Waals surface area (Å²) in [5.74, 6) is 0.127. The van der Waals surface area contributed by atoms with Gasteiger partial charge in [0, 0.05) is 0 Å². The van der Waals surface area contributed by atoms with Gasteiger partial charge in [-0.2, -0.15) is 5.26 Å². The number of hydrogen-bond donors (Lipinski definition) is 1. The van der Waals surface area contributed by atoms with Crippen LogP contribution in [-0.2, 0) is 4.84 Å². The third kappa shape index (κ3) is 0.938. The first-order valence-electron chi connectivity index (χ1n) is 3.68. The highest BCUT2D eigenvalue weighted by molar-refractivity contribution is 5.00. The molecule has 0 amide bonds. The topological polar surface area (TPSA) is 48.3 Å². The molecule has 1 saturated carbocycles. The zero-order chi connectivity index (χ0) is 7.68. The Morgan fingerprint density at radius 3 is 3.00 bits per heavy atom. The molecule has 2 rings (SSSR count). The maximum atomic E-state index is 8.64. The van der Waals surface area contributed by atoms with Crippen molar-refractivity contribution in [3.05, 3.63) is 12.5 Å². The van der Waals surface area contributed by atoms with Crippen LogP contribution in [-0.4, -0.2) is 11.2 Å². The minimum Gasteiger partial charge on any atom is -0.392 e. The van der Waals surface area contributed by atoms with Crippen LogP contribution in [0.5, 0.6) is 0 Å². The van der Waals surface area contributed by atoms with E-state index >= 15 is 0 Å². The Bertz CT molecular complexity index is 212. The van der Waals surface area contributed by atoms with E-state index in [1.165, 1.54) is 0 Å². The van der Waals surface area contributed by atoms with Gasteiger partial charge in [-0.1, -0.05) is 5.17 Å². The number of hydroxylamine groups is 1. The Balaban J connectivity index is 1.92. The Morgan fingerprint density at radius 2 is 2.55 bits per heavy atom. The average molecular weight is 151 g/mol. The van der Waals surface area contributed by atoms with Gasteiger partial charge in [0.15, 0.2) is 0 Å². The van der Waals surface area contributed by atoms with E-state index in [0.717, 1.165) is 12.8 Å². The number of nitrogens with zero attached hydrogens (tertiary/aromatic N) is 2. The van der Waals surface area contributed by atoms with E-state index in [1.807, 2.05) is 0 Å². The fraction of sp³-hybridized carbons (Fsp3) is 0.571. The largest absolute Gasteiger partial charge is 0.392 e. The van der Waals surface area contributed by atoms with E-state index in [-0.39, 0.29) is 12.0 Å². The summed E-state index contributed by atoms with van der Waals surface area (Å²) in [6, 6.07) is 2.47. The fourth-order valence-corrected chi connectivity index (χ4v) is 1.32. The van der Waals surface area contributed by atoms with Crippen LogP contribution in [0.15, 0.2) is 12.5 Å². The summed E-state index contributed by atoms with van der Waals surface area (Å²) in [6.07, 6.45) is 5.31. The van der Waals surface area contributed by atoms with Crippen molar-refractivity contribution in [1.82, 2.24) is 10.6 Å². The summed E-state index contributed by atoms with van der Waals surface area (Å²) >= 11 is 0. The minimum absolute atomic E-state index is 0.127. The third-order valence-electron chi connectivity index (χ3n) is 2.15. The quantitative estimate of drug-likeness (QED) is 0.593. The Morgan fingerprint density at radius 1 is 1.64 bits per heavy atom. The predicted octanol–water partition coefficient (Wildman–Crippen LogP) is 0.512. The van der Waals surface area contributed by atoms with Gasteiger partial charge in [0.2, 0.25) is 0 Å². The third-order valence-corrected chi connectivity index (χ3v) is 2.15. The Labute approximate surface area is 65.0 Å². The predicted molar refractivity (Wildman–Crippen MR) is 37.3 cm³/mol. The summed E-state index contributed by atoms with van der Waals surface area (Å²) in [5.41, 5.74) is 2.90. The van der Waals surface area contributed by atoms with Crippen molar-refractivity contribution in [2.45, 2.75) is 18.9 Å². The summed E-state index contributed by atoms with van der Waals surface area (Å²) in [4.78, 5) is 5.08. The molecule has 11 heavy (non-hydrogen) atoms. The molecule has 0 saturated heterocycles. The van der Waals surface area contributed by atoms with E-state index in [0.29, 0.717) is 0 Å². The van der Waals surface area contributed by atoms with Crippen molar-refractivity contribution >= 4 is 0 Å². The van der Waals surface area contributed by atoms with Crippen LogP contribution in [0.2, 0.25) is 0 Å². The maximum Gasteiger partial charge on any atom is 0.131 e. The second-order valence-electron chi connectivity index (χ2n) is 2.74. The molecule has 1 heterocycles. The molecule has 1 aliphatic carbocycles. The lowest BCUT2D eigenvalue weighted by atomic mass is 9.81. The summed E-state index contributed by atoms with van der Waals surface area (Å²) in [7, 11) is 0. The minimum atomic E-state index is 0.127. The molecule has 1 aliphatic heterocycles. The van der Waals surface area contributed by atoms with Crippen molar-refractivity contribution in [2.24, 2.45) is 5.92 Å². The number of hydrazine groups is 1. The van der Waals surface area contributed by atoms with Crippen LogP contribution < -0.4 is 5.43 Å². The number of rotatable bonds is 1. The summed E-state index contributed by atoms with van der Waals surface area (Å²) in [6.45, 7) is 0. The molecule has 0 spiro atoms. The lowest BCUT2D eigenvalue weighted by Gasteiger charge is -2.36. The van der Waals surface area contributed by atoms with Gasteiger partial charge in [-0.3, -0.25) is 5.43 Å². The van der Waals surface area contributed by atoms with E-state index in [9.17, 15) is 0 Å². The van der Waals surface area contributed by atoms with Crippen molar-refractivity contribution in [3.63, 3.8) is 0 Å². The van der Waals surface area contributed by atoms with Crippen molar-refractivity contribution in [2.75, 3.05) is 0 Å². The lowest BCUT2D eigenvalue weighted by Crippen LogP contribution is -2.48. The van der Waals surface area contributed by atoms with Crippen LogP contribution in [0.25, 0.3) is 0 Å². The van der Waals surface area contributed by atoms with Gasteiger partial charge in [-0.05, 0) is 12.8 Å². The molecule has 58 valence electrons. The van der Waals surface area contributed by atoms with E-state index < -0.39 is 0 Å². The molecular weight excluding hydrogens is 142 g/mol. The van der Waals surface area contributed by atoms with Gasteiger partial charge in [-0.15, -0.1) is 0 Å². The number of hydrogen-bond acceptors (Lipinski definition) is 4. The first-order chi connectivity index (χ1) is 5.42. The summed E-state index contributed by atoms with van der Waals surface area (Å²) in [5, 5.41) is 10.3. The second kappa shape index (κ2) is 2.44. The van der Waals surface area contributed by atoms with Crippen LogP contribution in [0.3, 0.4) is 0 Å². The summed E-state index contributed by atoms with van der Waals surface area (Å²) < 4.78 is 0. The first-order valence-corrected chi connectivity index (χ1v) is 3.68. The first kappa shape index (κ1) is 6.50. The zero-order valence-corrected chi connectivity index (χ0v) is 6.03. The molecule has 0 aromatic heterocycles. The fourth-order valence-electron chi connectivity index (χ4n) is 1.32. The highest BCUT2D eigenvalue weighted by atomic mass is 16.7. The van der Waals surface area contributed by atoms with Gasteiger partial charge in [0.05, 0.1) is 24.2 Å². The second-order valence-corrected chi connectivity index (χ2v) is 2.74. The van der Waals surface area contributed by atoms with Crippen LogP contribution >= 0.6 is 0 Å². The van der Waals surface area contributed by atoms with Crippen molar-refractivity contribution in [1.29, 1.82) is 5.26 Å². The highest BCUT2D eigenvalue weighted by Crippen LogP contribution is 2.31. The van der Waals surface area contributed by atoms with Crippen LogP contribution in [0, 0.1) is 17.2 Å². The van der Waals surface area contributed by atoms with E-state index in [4.69, 9.17) is 10.1 Å². The van der Waals surface area contributed by atoms with Crippen molar-refractivity contribution < 1.29 is 4.84 Å². The molecule has 2 unspecified atom stereocenters. The molecule has 1 N–H and O–H groups in total. The smallest absolute Gasteiger partial charge is 0.131 e. The molecule has 0 aromatic rings. The molecule has 2 aliphatic rings. The average Bonchev–Trinajstić information content (AvgIpc) is 2.39. The monoisotopic (exact) mass is 151 g/mol. The molecule has 4 nitrogen and oxygen atoms in total. The standard InChI is InChI=1S/C7H9N3O/c8-5-6-1-2-7(6)10-9-3-4-11-10/h3-4,6-7,9H,1-2H2. The zero-order valence-electron chi connectivity index (χ0n) is 6.03. The van der Waals surface area contributed by atoms with Crippen LogP contribution in [0.1, 0.15) is 12.8 Å². The number of nitriles is 1. The highest BCUT2D eigenvalue weighted by Gasteiger charge is 2.37. The normalized spacial score (nSPS) is 35.2. The molecular formula is C7H9N3O. The van der Waals surface area contributed by atoms with Gasteiger partial charge in [-0.25, -0.2) is 0 Å². The van der Waals surface area contributed by atoms with Gasteiger partial charge in [0.25, 0.3) is 0 Å². The van der Waals surface area contributed by atoms with Crippen molar-refractivity contribution in [3.8, 4) is 6.07 Å². The maximum absolute atomic E-state index is 8.64. The number of nitrogens with one attached hydrogen (secondary N) is 1. The van der Waals surface area contributed by atoms with Gasteiger partial charge in [0.1, 0.15) is 6.26 Å². The van der Waals surface area contributed by atoms with E-state index in [1.54, 1.807) is 17.6 Å². The van der Waals surface area contributed by atoms with Gasteiger partial charge < -0.3 is 4.84 Å². The lowest BCUT2D eigenvalue weighted by molar-refractivity contribution is -0.176. The molecule has 0 aromatic carbocycles. The molecule has 1 fully saturated rings. The molecule has 0 bridgehead atoms.